The van der Waals surface area contributed by atoms with E-state index in [0.29, 0.717) is 5.92 Å². The van der Waals surface area contributed by atoms with E-state index in [1.54, 1.807) is 0 Å². The number of hydrogen-bond acceptors (Lipinski definition) is 2. The van der Waals surface area contributed by atoms with Crippen molar-refractivity contribution in [1.29, 1.82) is 0 Å². The number of nitrogens with zero attached hydrogens (tertiary/aromatic N) is 2. The van der Waals surface area contributed by atoms with Gasteiger partial charge in [-0.1, -0.05) is 140 Å². The van der Waals surface area contributed by atoms with Crippen LogP contribution < -0.4 is 9.80 Å². The molecule has 0 radical (unpaired) electrons. The van der Waals surface area contributed by atoms with Crippen molar-refractivity contribution in [2.24, 2.45) is 5.92 Å². The van der Waals surface area contributed by atoms with Gasteiger partial charge in [-0.3, -0.25) is 0 Å². The van der Waals surface area contributed by atoms with E-state index in [4.69, 9.17) is 0 Å². The third-order valence-electron chi connectivity index (χ3n) is 13.6. The number of aryl methyl sites for hydroxylation is 2. The van der Waals surface area contributed by atoms with E-state index in [-0.39, 0.29) is 0 Å². The van der Waals surface area contributed by atoms with Crippen LogP contribution in [-0.2, 0) is 12.8 Å². The summed E-state index contributed by atoms with van der Waals surface area (Å²) in [4.78, 5) is 5.12. The molecule has 0 N–H and O–H groups in total. The predicted octanol–water partition coefficient (Wildman–Crippen LogP) is 15.1. The van der Waals surface area contributed by atoms with Crippen LogP contribution in [0.2, 0.25) is 0 Å². The molecule has 0 amide bonds. The van der Waals surface area contributed by atoms with Gasteiger partial charge in [-0.2, -0.15) is 0 Å². The van der Waals surface area contributed by atoms with Crippen LogP contribution in [0, 0.1) is 5.92 Å². The largest absolute Gasteiger partial charge is 0.341 e. The van der Waals surface area contributed by atoms with Crippen molar-refractivity contribution in [3.8, 4) is 22.3 Å². The molecule has 12 rings (SSSR count). The lowest BCUT2D eigenvalue weighted by Gasteiger charge is -2.33. The summed E-state index contributed by atoms with van der Waals surface area (Å²) in [7, 11) is 0. The zero-order valence-corrected chi connectivity index (χ0v) is 33.8. The van der Waals surface area contributed by atoms with Gasteiger partial charge >= 0.3 is 0 Å². The predicted molar refractivity (Wildman–Crippen MR) is 256 cm³/mol. The second kappa shape index (κ2) is 14.4. The number of para-hydroxylation sites is 2. The zero-order chi connectivity index (χ0) is 39.6. The van der Waals surface area contributed by atoms with Crippen molar-refractivity contribution in [2.45, 2.75) is 32.1 Å². The molecule has 8 aromatic carbocycles. The maximum Gasteiger partial charge on any atom is 0.0443 e. The van der Waals surface area contributed by atoms with Crippen LogP contribution in [0.25, 0.3) is 60.1 Å². The molecule has 0 aromatic heterocycles. The molecular formula is C58H46N2. The Labute approximate surface area is 352 Å². The maximum absolute atomic E-state index is 2.56. The van der Waals surface area contributed by atoms with Crippen molar-refractivity contribution in [1.82, 2.24) is 0 Å². The Balaban J connectivity index is 1.13. The Kier molecular flexibility index (Phi) is 8.44. The molecule has 0 bridgehead atoms. The molecule has 1 unspecified atom stereocenters. The van der Waals surface area contributed by atoms with Gasteiger partial charge in [-0.25, -0.2) is 0 Å². The van der Waals surface area contributed by atoms with Gasteiger partial charge in [-0.15, -0.1) is 0 Å². The topological polar surface area (TPSA) is 6.48 Å². The smallest absolute Gasteiger partial charge is 0.0443 e. The lowest BCUT2D eigenvalue weighted by Crippen LogP contribution is -2.24. The van der Waals surface area contributed by atoms with Crippen molar-refractivity contribution >= 4 is 60.6 Å². The summed E-state index contributed by atoms with van der Waals surface area (Å²) >= 11 is 0. The van der Waals surface area contributed by atoms with Crippen molar-refractivity contribution in [3.05, 3.63) is 210 Å². The third-order valence-corrected chi connectivity index (χ3v) is 13.6. The van der Waals surface area contributed by atoms with Gasteiger partial charge in [-0.05, 0) is 163 Å². The molecule has 0 saturated heterocycles. The highest BCUT2D eigenvalue weighted by molar-refractivity contribution is 6.20. The summed E-state index contributed by atoms with van der Waals surface area (Å²) in [6, 6.07) is 57.5. The monoisotopic (exact) mass is 770 g/mol. The Morgan fingerprint density at radius 2 is 1.05 bits per heavy atom. The molecule has 2 nitrogen and oxygen atoms in total. The van der Waals surface area contributed by atoms with Gasteiger partial charge in [0, 0.05) is 41.8 Å². The number of benzene rings is 8. The molecule has 1 atom stereocenters. The second-order valence-corrected chi connectivity index (χ2v) is 17.0. The minimum atomic E-state index is 0.377. The van der Waals surface area contributed by atoms with E-state index < -0.39 is 0 Å². The average molecular weight is 771 g/mol. The number of allylic oxidation sites excluding steroid dienone is 8. The Morgan fingerprint density at radius 1 is 0.450 bits per heavy atom. The first-order valence-electron chi connectivity index (χ1n) is 21.8. The normalized spacial score (nSPS) is 17.0. The number of rotatable bonds is 5. The van der Waals surface area contributed by atoms with Crippen LogP contribution in [0.15, 0.2) is 194 Å². The lowest BCUT2D eigenvalue weighted by atomic mass is 9.78. The van der Waals surface area contributed by atoms with E-state index in [9.17, 15) is 0 Å². The highest BCUT2D eigenvalue weighted by Crippen LogP contribution is 2.49. The molecule has 288 valence electrons. The fourth-order valence-corrected chi connectivity index (χ4v) is 10.7. The molecule has 2 heterocycles. The first-order chi connectivity index (χ1) is 29.7. The summed E-state index contributed by atoms with van der Waals surface area (Å²) in [5.41, 5.74) is 17.3. The molecule has 2 aliphatic carbocycles. The fraction of sp³-hybridized carbons (Fsp3) is 0.138. The van der Waals surface area contributed by atoms with Crippen LogP contribution in [-0.4, -0.2) is 13.1 Å². The van der Waals surface area contributed by atoms with E-state index in [1.165, 1.54) is 105 Å². The summed E-state index contributed by atoms with van der Waals surface area (Å²) in [5.74, 6) is 0.377. The van der Waals surface area contributed by atoms with Gasteiger partial charge < -0.3 is 9.80 Å². The summed E-state index contributed by atoms with van der Waals surface area (Å²) in [6.45, 7) is 2.03. The maximum atomic E-state index is 2.56. The van der Waals surface area contributed by atoms with Crippen molar-refractivity contribution in [2.75, 3.05) is 22.9 Å². The van der Waals surface area contributed by atoms with Crippen LogP contribution in [0.3, 0.4) is 0 Å². The van der Waals surface area contributed by atoms with Crippen LogP contribution in [0.4, 0.5) is 22.7 Å². The van der Waals surface area contributed by atoms with Gasteiger partial charge in [0.2, 0.25) is 0 Å². The van der Waals surface area contributed by atoms with E-state index in [0.717, 1.165) is 45.2 Å². The standard InChI is InChI=1S/C58H46N2/c1-2-12-39(13-3-1)44-23-24-46-36-48(27-25-45(46)34-44)58-52-31-29-49(59-32-10-18-41-15-6-8-20-55(41)59)37-53(52)57(47-26-22-40-14-4-5-17-43(40)35-47)51-30-28-50(38-54(51)58)60-33-11-19-42-16-7-9-21-56(42)60/h1-9,12-17,20-31,34,36-38,43H,10-11,18-19,32-33,35H2. The summed E-state index contributed by atoms with van der Waals surface area (Å²) in [5, 5.41) is 7.77. The molecular weight excluding hydrogens is 725 g/mol. The fourth-order valence-electron chi connectivity index (χ4n) is 10.7. The van der Waals surface area contributed by atoms with Crippen molar-refractivity contribution in [3.63, 3.8) is 0 Å². The Hall–Kier alpha value is -6.90. The van der Waals surface area contributed by atoms with Gasteiger partial charge in [0.05, 0.1) is 0 Å². The number of anilines is 4. The van der Waals surface area contributed by atoms with Gasteiger partial charge in [0.15, 0.2) is 0 Å². The summed E-state index contributed by atoms with van der Waals surface area (Å²) < 4.78 is 0. The molecule has 0 fully saturated rings. The quantitative estimate of drug-likeness (QED) is 0.161. The third kappa shape index (κ3) is 5.93. The Morgan fingerprint density at radius 3 is 1.75 bits per heavy atom. The highest BCUT2D eigenvalue weighted by Gasteiger charge is 2.26. The molecule has 4 aliphatic rings. The molecule has 2 heteroatoms. The second-order valence-electron chi connectivity index (χ2n) is 17.0. The number of hydrogen-bond donors (Lipinski definition) is 0. The first kappa shape index (κ1) is 35.1. The van der Waals surface area contributed by atoms with Gasteiger partial charge in [0.1, 0.15) is 0 Å². The number of fused-ring (bicyclic) bond motifs is 6. The summed E-state index contributed by atoms with van der Waals surface area (Å²) in [6.07, 6.45) is 19.4. The molecule has 8 aromatic rings. The molecule has 0 saturated carbocycles. The van der Waals surface area contributed by atoms with Crippen molar-refractivity contribution < 1.29 is 0 Å². The minimum absolute atomic E-state index is 0.377. The van der Waals surface area contributed by atoms with E-state index >= 15 is 0 Å². The SMILES string of the molecule is C1=CC2=CC=C(c3c4cc(N5CCCc6ccccc65)ccc4c(-c4ccc5cc(-c6ccccc6)ccc5c4)c4cc(N5CCCc6ccccc65)ccc34)CC2C=C1. The Bertz CT molecular complexity index is 3140. The molecule has 60 heavy (non-hydrogen) atoms. The molecule has 2 aliphatic heterocycles. The highest BCUT2D eigenvalue weighted by atomic mass is 15.1. The van der Waals surface area contributed by atoms with Crippen LogP contribution in [0.1, 0.15) is 36.0 Å². The van der Waals surface area contributed by atoms with E-state index in [1.807, 2.05) is 0 Å². The van der Waals surface area contributed by atoms with Gasteiger partial charge in [0.25, 0.3) is 0 Å². The zero-order valence-electron chi connectivity index (χ0n) is 33.8. The average Bonchev–Trinajstić information content (AvgIpc) is 3.32. The first-order valence-corrected chi connectivity index (χ1v) is 21.8. The van der Waals surface area contributed by atoms with E-state index in [2.05, 4.69) is 198 Å². The molecule has 0 spiro atoms. The minimum Gasteiger partial charge on any atom is -0.341 e. The van der Waals surface area contributed by atoms with Crippen LogP contribution in [0.5, 0.6) is 0 Å². The lowest BCUT2D eigenvalue weighted by molar-refractivity contribution is 0.767. The van der Waals surface area contributed by atoms with Crippen LogP contribution >= 0.6 is 0 Å².